The molecule has 1 atom stereocenters. The van der Waals surface area contributed by atoms with Crippen LogP contribution in [0.15, 0.2) is 46.9 Å². The molecule has 1 N–H and O–H groups in total. The third-order valence-corrected chi connectivity index (χ3v) is 3.78. The van der Waals surface area contributed by atoms with E-state index in [9.17, 15) is 18.3 Å². The van der Waals surface area contributed by atoms with Gasteiger partial charge in [-0.2, -0.15) is 13.2 Å². The van der Waals surface area contributed by atoms with Crippen LogP contribution in [0.25, 0.3) is 0 Å². The molecular weight excluding hydrogens is 345 g/mol. The summed E-state index contributed by atoms with van der Waals surface area (Å²) in [7, 11) is 0. The van der Waals surface area contributed by atoms with E-state index in [4.69, 9.17) is 0 Å². The van der Waals surface area contributed by atoms with Crippen molar-refractivity contribution >= 4 is 15.9 Å². The van der Waals surface area contributed by atoms with Gasteiger partial charge in [0.25, 0.3) is 0 Å². The maximum absolute atomic E-state index is 12.7. The number of halogens is 4. The van der Waals surface area contributed by atoms with E-state index in [1.807, 2.05) is 19.1 Å². The van der Waals surface area contributed by atoms with Gasteiger partial charge >= 0.3 is 6.18 Å². The molecule has 2 aromatic rings. The van der Waals surface area contributed by atoms with Crippen LogP contribution in [0.1, 0.15) is 28.4 Å². The lowest BCUT2D eigenvalue weighted by atomic mass is 9.97. The molecule has 0 aromatic heterocycles. The Morgan fingerprint density at radius 1 is 1.14 bits per heavy atom. The number of aryl methyl sites for hydroxylation is 1. The molecule has 0 fully saturated rings. The number of aliphatic hydroxyl groups is 1. The van der Waals surface area contributed by atoms with Gasteiger partial charge in [-0.1, -0.05) is 40.2 Å². The first-order valence-electron chi connectivity index (χ1n) is 6.37. The Labute approximate surface area is 129 Å². The zero-order valence-electron chi connectivity index (χ0n) is 11.3. The fourth-order valence-corrected chi connectivity index (χ4v) is 2.56. The summed E-state index contributed by atoms with van der Waals surface area (Å²) < 4.78 is 38.9. The lowest BCUT2D eigenvalue weighted by Crippen LogP contribution is -2.08. The van der Waals surface area contributed by atoms with Crippen LogP contribution in [0.4, 0.5) is 13.2 Å². The van der Waals surface area contributed by atoms with Gasteiger partial charge in [-0.05, 0) is 41.8 Å². The Balaban J connectivity index is 2.23. The van der Waals surface area contributed by atoms with Crippen LogP contribution in [0.5, 0.6) is 0 Å². The third-order valence-electron chi connectivity index (χ3n) is 3.28. The van der Waals surface area contributed by atoms with Crippen LogP contribution in [-0.4, -0.2) is 5.11 Å². The highest BCUT2D eigenvalue weighted by atomic mass is 79.9. The van der Waals surface area contributed by atoms with Crippen molar-refractivity contribution in [3.63, 3.8) is 0 Å². The van der Waals surface area contributed by atoms with Gasteiger partial charge in [0.15, 0.2) is 0 Å². The highest BCUT2D eigenvalue weighted by Gasteiger charge is 2.30. The van der Waals surface area contributed by atoms with Crippen LogP contribution < -0.4 is 0 Å². The molecule has 2 aromatic carbocycles. The lowest BCUT2D eigenvalue weighted by Gasteiger charge is -2.15. The summed E-state index contributed by atoms with van der Waals surface area (Å²) in [5.74, 6) is 0. The maximum Gasteiger partial charge on any atom is 0.416 e. The van der Waals surface area contributed by atoms with Gasteiger partial charge in [-0.3, -0.25) is 0 Å². The molecule has 2 rings (SSSR count). The van der Waals surface area contributed by atoms with Crippen LogP contribution in [0, 0.1) is 6.92 Å². The quantitative estimate of drug-likeness (QED) is 0.813. The van der Waals surface area contributed by atoms with Crippen LogP contribution in [0.2, 0.25) is 0 Å². The second-order valence-electron chi connectivity index (χ2n) is 4.92. The first kappa shape index (κ1) is 16.0. The van der Waals surface area contributed by atoms with Gasteiger partial charge in [0.1, 0.15) is 0 Å². The highest BCUT2D eigenvalue weighted by Crippen LogP contribution is 2.31. The first-order valence-corrected chi connectivity index (χ1v) is 7.17. The molecule has 5 heteroatoms. The average Bonchev–Trinajstić information content (AvgIpc) is 2.41. The standard InChI is InChI=1S/C16H14BrF3O/c1-10-5-6-13(17)9-14(10)15(21)8-11-3-2-4-12(7-11)16(18,19)20/h2-7,9,15,21H,8H2,1H3. The van der Waals surface area contributed by atoms with Crippen molar-refractivity contribution in [1.29, 1.82) is 0 Å². The first-order chi connectivity index (χ1) is 9.77. The van der Waals surface area contributed by atoms with Crippen LogP contribution in [0.3, 0.4) is 0 Å². The predicted octanol–water partition coefficient (Wildman–Crippen LogP) is 5.05. The number of benzene rings is 2. The molecule has 0 saturated heterocycles. The van der Waals surface area contributed by atoms with E-state index in [1.54, 1.807) is 12.1 Å². The topological polar surface area (TPSA) is 20.2 Å². The van der Waals surface area contributed by atoms with Crippen molar-refractivity contribution in [3.05, 3.63) is 69.2 Å². The van der Waals surface area contributed by atoms with Crippen molar-refractivity contribution < 1.29 is 18.3 Å². The minimum atomic E-state index is -4.37. The Kier molecular flexibility index (Phi) is 4.74. The van der Waals surface area contributed by atoms with E-state index >= 15 is 0 Å². The third kappa shape index (κ3) is 4.08. The summed E-state index contributed by atoms with van der Waals surface area (Å²) in [6, 6.07) is 10.6. The van der Waals surface area contributed by atoms with Gasteiger partial charge in [0.05, 0.1) is 11.7 Å². The molecule has 0 heterocycles. The average molecular weight is 359 g/mol. The Morgan fingerprint density at radius 2 is 1.86 bits per heavy atom. The number of rotatable bonds is 3. The molecule has 0 bridgehead atoms. The highest BCUT2D eigenvalue weighted by molar-refractivity contribution is 9.10. The number of alkyl halides is 3. The predicted molar refractivity (Wildman–Crippen MR) is 79.0 cm³/mol. The second kappa shape index (κ2) is 6.20. The maximum atomic E-state index is 12.7. The van der Waals surface area contributed by atoms with E-state index in [1.165, 1.54) is 6.07 Å². The molecule has 0 amide bonds. The van der Waals surface area contributed by atoms with Crippen LogP contribution >= 0.6 is 15.9 Å². The molecule has 0 aliphatic rings. The van der Waals surface area contributed by atoms with E-state index in [2.05, 4.69) is 15.9 Å². The van der Waals surface area contributed by atoms with E-state index in [-0.39, 0.29) is 6.42 Å². The SMILES string of the molecule is Cc1ccc(Br)cc1C(O)Cc1cccc(C(F)(F)F)c1. The molecular formula is C16H14BrF3O. The zero-order chi connectivity index (χ0) is 15.6. The minimum absolute atomic E-state index is 0.140. The number of hydrogen-bond acceptors (Lipinski definition) is 1. The summed E-state index contributed by atoms with van der Waals surface area (Å²) in [4.78, 5) is 0. The van der Waals surface area contributed by atoms with E-state index < -0.39 is 17.8 Å². The Hall–Kier alpha value is -1.33. The summed E-state index contributed by atoms with van der Waals surface area (Å²) in [6.07, 6.45) is -5.07. The Bertz CT molecular complexity index is 638. The molecule has 21 heavy (non-hydrogen) atoms. The molecule has 0 spiro atoms. The van der Waals surface area contributed by atoms with E-state index in [0.29, 0.717) is 11.1 Å². The van der Waals surface area contributed by atoms with Crippen molar-refractivity contribution in [2.24, 2.45) is 0 Å². The van der Waals surface area contributed by atoms with Crippen molar-refractivity contribution in [2.45, 2.75) is 25.6 Å². The largest absolute Gasteiger partial charge is 0.416 e. The smallest absolute Gasteiger partial charge is 0.388 e. The summed E-state index contributed by atoms with van der Waals surface area (Å²) in [5.41, 5.74) is 1.37. The van der Waals surface area contributed by atoms with Crippen molar-refractivity contribution in [2.75, 3.05) is 0 Å². The van der Waals surface area contributed by atoms with Crippen LogP contribution in [-0.2, 0) is 12.6 Å². The normalized spacial score (nSPS) is 13.2. The van der Waals surface area contributed by atoms with Gasteiger partial charge in [0, 0.05) is 10.9 Å². The lowest BCUT2D eigenvalue weighted by molar-refractivity contribution is -0.137. The Morgan fingerprint density at radius 3 is 2.52 bits per heavy atom. The number of hydrogen-bond donors (Lipinski definition) is 1. The van der Waals surface area contributed by atoms with E-state index in [0.717, 1.165) is 22.2 Å². The molecule has 0 aliphatic carbocycles. The van der Waals surface area contributed by atoms with Gasteiger partial charge in [0.2, 0.25) is 0 Å². The second-order valence-corrected chi connectivity index (χ2v) is 5.83. The number of aliphatic hydroxyl groups excluding tert-OH is 1. The molecule has 112 valence electrons. The molecule has 1 unspecified atom stereocenters. The summed E-state index contributed by atoms with van der Waals surface area (Å²) in [5, 5.41) is 10.3. The molecule has 0 saturated carbocycles. The minimum Gasteiger partial charge on any atom is -0.388 e. The van der Waals surface area contributed by atoms with Gasteiger partial charge in [-0.25, -0.2) is 0 Å². The van der Waals surface area contributed by atoms with Crippen molar-refractivity contribution in [3.8, 4) is 0 Å². The van der Waals surface area contributed by atoms with Gasteiger partial charge < -0.3 is 5.11 Å². The fourth-order valence-electron chi connectivity index (χ4n) is 2.18. The molecule has 0 aliphatic heterocycles. The summed E-state index contributed by atoms with van der Waals surface area (Å²) in [6.45, 7) is 1.86. The summed E-state index contributed by atoms with van der Waals surface area (Å²) >= 11 is 3.33. The van der Waals surface area contributed by atoms with Crippen molar-refractivity contribution in [1.82, 2.24) is 0 Å². The van der Waals surface area contributed by atoms with Gasteiger partial charge in [-0.15, -0.1) is 0 Å². The fraction of sp³-hybridized carbons (Fsp3) is 0.250. The molecule has 1 nitrogen and oxygen atoms in total. The molecule has 0 radical (unpaired) electrons. The monoisotopic (exact) mass is 358 g/mol. The zero-order valence-corrected chi connectivity index (χ0v) is 12.9.